The van der Waals surface area contributed by atoms with Crippen molar-refractivity contribution in [3.8, 4) is 22.9 Å². The van der Waals surface area contributed by atoms with Gasteiger partial charge in [-0.25, -0.2) is 0 Å². The van der Waals surface area contributed by atoms with Crippen molar-refractivity contribution in [2.75, 3.05) is 19.0 Å². The normalized spacial score (nSPS) is 11.2. The number of carbonyl (C=O) groups is 1. The maximum absolute atomic E-state index is 12.1. The summed E-state index contributed by atoms with van der Waals surface area (Å²) in [6.45, 7) is -1.37. The number of hydrogen-bond donors (Lipinski definition) is 1. The summed E-state index contributed by atoms with van der Waals surface area (Å²) < 4.78 is 51.4. The van der Waals surface area contributed by atoms with Crippen LogP contribution in [-0.2, 0) is 11.2 Å². The summed E-state index contributed by atoms with van der Waals surface area (Å²) in [4.78, 5) is 16.4. The molecule has 0 bridgehead atoms. The molecule has 10 heteroatoms. The lowest BCUT2D eigenvalue weighted by atomic mass is 10.2. The number of hydrogen-bond acceptors (Lipinski definition) is 6. The number of anilines is 1. The van der Waals surface area contributed by atoms with Gasteiger partial charge in [-0.05, 0) is 55.0 Å². The first-order valence-corrected chi connectivity index (χ1v) is 9.39. The molecule has 0 spiro atoms. The number of amides is 1. The van der Waals surface area contributed by atoms with Crippen molar-refractivity contribution in [2.45, 2.75) is 25.4 Å². The van der Waals surface area contributed by atoms with Gasteiger partial charge in [0.05, 0.1) is 7.11 Å². The quantitative estimate of drug-likeness (QED) is 0.527. The Morgan fingerprint density at radius 2 is 1.74 bits per heavy atom. The van der Waals surface area contributed by atoms with Gasteiger partial charge in [-0.1, -0.05) is 5.16 Å². The Morgan fingerprint density at radius 1 is 1.06 bits per heavy atom. The first-order valence-electron chi connectivity index (χ1n) is 9.39. The Morgan fingerprint density at radius 3 is 2.39 bits per heavy atom. The van der Waals surface area contributed by atoms with E-state index in [0.29, 0.717) is 30.2 Å². The monoisotopic (exact) mass is 435 g/mol. The van der Waals surface area contributed by atoms with Gasteiger partial charge in [0.25, 0.3) is 0 Å². The molecule has 3 rings (SSSR count). The zero-order valence-electron chi connectivity index (χ0n) is 16.6. The van der Waals surface area contributed by atoms with Crippen molar-refractivity contribution in [1.82, 2.24) is 10.1 Å². The second-order valence-corrected chi connectivity index (χ2v) is 6.57. The van der Waals surface area contributed by atoms with Crippen molar-refractivity contribution in [1.29, 1.82) is 0 Å². The molecule has 0 unspecified atom stereocenters. The number of halogens is 3. The van der Waals surface area contributed by atoms with E-state index in [-0.39, 0.29) is 18.1 Å². The second kappa shape index (κ2) is 9.96. The number of alkyl halides is 3. The molecule has 0 aliphatic carbocycles. The first-order chi connectivity index (χ1) is 14.8. The van der Waals surface area contributed by atoms with E-state index < -0.39 is 12.8 Å². The van der Waals surface area contributed by atoms with Crippen LogP contribution in [0.15, 0.2) is 53.1 Å². The lowest BCUT2D eigenvalue weighted by Crippen LogP contribution is -2.19. The van der Waals surface area contributed by atoms with E-state index in [1.807, 2.05) is 12.1 Å². The highest BCUT2D eigenvalue weighted by Gasteiger charge is 2.28. The molecule has 0 fully saturated rings. The number of aromatic nitrogens is 2. The van der Waals surface area contributed by atoms with E-state index in [4.69, 9.17) is 9.26 Å². The van der Waals surface area contributed by atoms with Gasteiger partial charge in [-0.3, -0.25) is 4.79 Å². The van der Waals surface area contributed by atoms with Crippen molar-refractivity contribution in [3.05, 3.63) is 54.4 Å². The fourth-order valence-corrected chi connectivity index (χ4v) is 2.64. The largest absolute Gasteiger partial charge is 0.497 e. The zero-order valence-corrected chi connectivity index (χ0v) is 16.6. The average Bonchev–Trinajstić information content (AvgIpc) is 3.22. The highest BCUT2D eigenvalue weighted by molar-refractivity contribution is 5.90. The Balaban J connectivity index is 1.42. The van der Waals surface area contributed by atoms with Crippen LogP contribution in [0.4, 0.5) is 18.9 Å². The summed E-state index contributed by atoms with van der Waals surface area (Å²) in [5.41, 5.74) is 1.25. The summed E-state index contributed by atoms with van der Waals surface area (Å²) in [7, 11) is 1.58. The summed E-state index contributed by atoms with van der Waals surface area (Å²) in [6, 6.07) is 12.9. The van der Waals surface area contributed by atoms with E-state index in [1.54, 1.807) is 19.2 Å². The van der Waals surface area contributed by atoms with Crippen LogP contribution in [-0.4, -0.2) is 35.9 Å². The molecular weight excluding hydrogens is 415 g/mol. The van der Waals surface area contributed by atoms with Crippen molar-refractivity contribution in [2.24, 2.45) is 0 Å². The predicted molar refractivity (Wildman–Crippen MR) is 106 cm³/mol. The zero-order chi connectivity index (χ0) is 22.3. The van der Waals surface area contributed by atoms with Gasteiger partial charge in [0.15, 0.2) is 6.61 Å². The molecule has 0 atom stereocenters. The van der Waals surface area contributed by atoms with Crippen molar-refractivity contribution in [3.63, 3.8) is 0 Å². The molecule has 0 radical (unpaired) electrons. The third-order valence-corrected chi connectivity index (χ3v) is 4.15. The smallest absolute Gasteiger partial charge is 0.422 e. The van der Waals surface area contributed by atoms with Gasteiger partial charge < -0.3 is 19.3 Å². The SMILES string of the molecule is COc1ccc(-c2noc(CCCC(=O)Nc3ccc(OCC(F)(F)F)cc3)n2)cc1. The summed E-state index contributed by atoms with van der Waals surface area (Å²) in [5, 5.41) is 6.61. The fraction of sp³-hybridized carbons (Fsp3) is 0.286. The Bertz CT molecular complexity index is 986. The van der Waals surface area contributed by atoms with E-state index in [1.165, 1.54) is 24.3 Å². The van der Waals surface area contributed by atoms with Crippen molar-refractivity contribution < 1.29 is 32.0 Å². The predicted octanol–water partition coefficient (Wildman–Crippen LogP) is 4.65. The first kappa shape index (κ1) is 22.1. The van der Waals surface area contributed by atoms with Crippen LogP contribution in [0.3, 0.4) is 0 Å². The third-order valence-electron chi connectivity index (χ3n) is 4.15. The molecule has 3 aromatic rings. The van der Waals surface area contributed by atoms with Crippen LogP contribution in [0.2, 0.25) is 0 Å². The van der Waals surface area contributed by atoms with Gasteiger partial charge in [0.1, 0.15) is 11.5 Å². The van der Waals surface area contributed by atoms with E-state index in [2.05, 4.69) is 20.2 Å². The highest BCUT2D eigenvalue weighted by atomic mass is 19.4. The Labute approximate surface area is 176 Å². The molecule has 31 heavy (non-hydrogen) atoms. The topological polar surface area (TPSA) is 86.5 Å². The van der Waals surface area contributed by atoms with Gasteiger partial charge in [-0.2, -0.15) is 18.2 Å². The molecule has 0 aliphatic heterocycles. The minimum atomic E-state index is -4.40. The number of carbonyl (C=O) groups excluding carboxylic acids is 1. The average molecular weight is 435 g/mol. The molecule has 1 amide bonds. The fourth-order valence-electron chi connectivity index (χ4n) is 2.64. The molecule has 0 saturated carbocycles. The molecule has 2 aromatic carbocycles. The third kappa shape index (κ3) is 7.02. The van der Waals surface area contributed by atoms with Crippen LogP contribution in [0.5, 0.6) is 11.5 Å². The molecule has 0 aliphatic rings. The standard InChI is InChI=1S/C21H20F3N3O4/c1-29-16-9-5-14(6-10-16)20-26-19(31-27-20)4-2-3-18(28)25-15-7-11-17(12-8-15)30-13-21(22,23)24/h5-12H,2-4,13H2,1H3,(H,25,28). The number of nitrogens with zero attached hydrogens (tertiary/aromatic N) is 2. The Kier molecular flexibility index (Phi) is 7.11. The number of nitrogens with one attached hydrogen (secondary N) is 1. The molecule has 7 nitrogen and oxygen atoms in total. The van der Waals surface area contributed by atoms with E-state index >= 15 is 0 Å². The minimum Gasteiger partial charge on any atom is -0.497 e. The molecular formula is C21H20F3N3O4. The van der Waals surface area contributed by atoms with Crippen LogP contribution in [0.25, 0.3) is 11.4 Å². The van der Waals surface area contributed by atoms with Crippen LogP contribution < -0.4 is 14.8 Å². The number of methoxy groups -OCH3 is 1. The number of ether oxygens (including phenoxy) is 2. The number of benzene rings is 2. The van der Waals surface area contributed by atoms with E-state index in [0.717, 1.165) is 11.3 Å². The maximum Gasteiger partial charge on any atom is 0.422 e. The van der Waals surface area contributed by atoms with Gasteiger partial charge in [0, 0.05) is 24.1 Å². The summed E-state index contributed by atoms with van der Waals surface area (Å²) in [6.07, 6.45) is -3.27. The maximum atomic E-state index is 12.1. The number of rotatable bonds is 9. The van der Waals surface area contributed by atoms with Gasteiger partial charge in [0.2, 0.25) is 17.6 Å². The summed E-state index contributed by atoms with van der Waals surface area (Å²) >= 11 is 0. The lowest BCUT2D eigenvalue weighted by Gasteiger charge is -2.10. The summed E-state index contributed by atoms with van der Waals surface area (Å²) in [5.74, 6) is 1.43. The molecule has 1 heterocycles. The molecule has 1 aromatic heterocycles. The van der Waals surface area contributed by atoms with Gasteiger partial charge in [-0.15, -0.1) is 0 Å². The minimum absolute atomic E-state index is 0.0689. The molecule has 1 N–H and O–H groups in total. The Hall–Kier alpha value is -3.56. The lowest BCUT2D eigenvalue weighted by molar-refractivity contribution is -0.153. The number of aryl methyl sites for hydroxylation is 1. The van der Waals surface area contributed by atoms with Crippen molar-refractivity contribution >= 4 is 11.6 Å². The van der Waals surface area contributed by atoms with Crippen LogP contribution in [0.1, 0.15) is 18.7 Å². The van der Waals surface area contributed by atoms with Crippen LogP contribution in [0, 0.1) is 0 Å². The molecule has 0 saturated heterocycles. The van der Waals surface area contributed by atoms with E-state index in [9.17, 15) is 18.0 Å². The highest BCUT2D eigenvalue weighted by Crippen LogP contribution is 2.21. The molecule has 164 valence electrons. The second-order valence-electron chi connectivity index (χ2n) is 6.57. The van der Waals surface area contributed by atoms with Crippen LogP contribution >= 0.6 is 0 Å². The van der Waals surface area contributed by atoms with Gasteiger partial charge >= 0.3 is 6.18 Å².